The zero-order valence-corrected chi connectivity index (χ0v) is 11.1. The molecule has 0 fully saturated rings. The van der Waals surface area contributed by atoms with Crippen LogP contribution in [0.5, 0.6) is 0 Å². The van der Waals surface area contributed by atoms with Crippen molar-refractivity contribution in [2.24, 2.45) is 5.92 Å². The van der Waals surface area contributed by atoms with E-state index in [9.17, 15) is 4.79 Å². The molecule has 1 rings (SSSR count). The Morgan fingerprint density at radius 1 is 1.41 bits per heavy atom. The number of hydrogen-bond acceptors (Lipinski definition) is 4. The maximum atomic E-state index is 11.5. The normalized spacial score (nSPS) is 11.4. The van der Waals surface area contributed by atoms with Gasteiger partial charge in [-0.2, -0.15) is 0 Å². The lowest BCUT2D eigenvalue weighted by Crippen LogP contribution is -2.21. The van der Waals surface area contributed by atoms with Gasteiger partial charge < -0.3 is 5.32 Å². The number of nitrogens with one attached hydrogen (secondary N) is 1. The fraction of sp³-hybridized carbons (Fsp3) is 0.750. The Morgan fingerprint density at radius 3 is 2.71 bits per heavy atom. The smallest absolute Gasteiger partial charge is 0.137 e. The van der Waals surface area contributed by atoms with E-state index < -0.39 is 0 Å². The summed E-state index contributed by atoms with van der Waals surface area (Å²) in [5, 5.41) is 11.3. The number of aromatic nitrogens is 3. The highest BCUT2D eigenvalue weighted by Gasteiger charge is 2.08. The Morgan fingerprint density at radius 2 is 2.12 bits per heavy atom. The summed E-state index contributed by atoms with van der Waals surface area (Å²) in [6, 6.07) is 0.433. The molecule has 1 N–H and O–H groups in total. The first kappa shape index (κ1) is 13.8. The van der Waals surface area contributed by atoms with Crippen LogP contribution in [-0.4, -0.2) is 26.8 Å². The second-order valence-electron chi connectivity index (χ2n) is 4.88. The van der Waals surface area contributed by atoms with Crippen molar-refractivity contribution in [3.63, 3.8) is 0 Å². The average Bonchev–Trinajstić information content (AvgIpc) is 2.70. The Bertz CT molecular complexity index is 357. The predicted octanol–water partition coefficient (Wildman–Crippen LogP) is 1.39. The zero-order chi connectivity index (χ0) is 12.8. The number of carbonyl (C=O) groups is 1. The largest absolute Gasteiger partial charge is 0.309 e. The number of ketones is 1. The van der Waals surface area contributed by atoms with Gasteiger partial charge in [0.25, 0.3) is 0 Å². The lowest BCUT2D eigenvalue weighted by molar-refractivity contribution is -0.122. The van der Waals surface area contributed by atoms with Crippen molar-refractivity contribution in [2.45, 2.75) is 53.2 Å². The van der Waals surface area contributed by atoms with E-state index in [-0.39, 0.29) is 11.7 Å². The lowest BCUT2D eigenvalue weighted by Gasteiger charge is -2.04. The standard InChI is InChI=1S/C12H22N4O/c1-9(2)12(17)5-6-16-8-11(14-15-16)7-13-10(3)4/h8-10,13H,5-7H2,1-4H3. The molecule has 5 heteroatoms. The van der Waals surface area contributed by atoms with Crippen molar-refractivity contribution in [1.82, 2.24) is 20.3 Å². The molecule has 96 valence electrons. The highest BCUT2D eigenvalue weighted by Crippen LogP contribution is 2.01. The maximum absolute atomic E-state index is 11.5. The molecule has 1 aromatic heterocycles. The summed E-state index contributed by atoms with van der Waals surface area (Å²) in [5.74, 6) is 0.364. The van der Waals surface area contributed by atoms with Crippen molar-refractivity contribution in [3.8, 4) is 0 Å². The molecule has 0 aliphatic carbocycles. The number of hydrogen-bond donors (Lipinski definition) is 1. The van der Waals surface area contributed by atoms with Gasteiger partial charge in [-0.15, -0.1) is 5.10 Å². The van der Waals surface area contributed by atoms with Gasteiger partial charge in [0.05, 0.1) is 5.69 Å². The molecule has 0 spiro atoms. The van der Waals surface area contributed by atoms with Crippen LogP contribution in [0, 0.1) is 5.92 Å². The van der Waals surface area contributed by atoms with Gasteiger partial charge in [0.15, 0.2) is 0 Å². The molecule has 1 heterocycles. The molecule has 1 aromatic rings. The van der Waals surface area contributed by atoms with Crippen molar-refractivity contribution in [2.75, 3.05) is 0 Å². The molecule has 0 aromatic carbocycles. The van der Waals surface area contributed by atoms with Crippen LogP contribution >= 0.6 is 0 Å². The molecule has 0 saturated heterocycles. The van der Waals surface area contributed by atoms with Crippen LogP contribution in [0.1, 0.15) is 39.8 Å². The topological polar surface area (TPSA) is 59.8 Å². The van der Waals surface area contributed by atoms with Gasteiger partial charge in [0, 0.05) is 37.7 Å². The molecule has 0 saturated carbocycles. The van der Waals surface area contributed by atoms with Gasteiger partial charge in [-0.25, -0.2) is 0 Å². The zero-order valence-electron chi connectivity index (χ0n) is 11.1. The fourth-order valence-corrected chi connectivity index (χ4v) is 1.35. The van der Waals surface area contributed by atoms with Crippen molar-refractivity contribution < 1.29 is 4.79 Å². The summed E-state index contributed by atoms with van der Waals surface area (Å²) in [6.45, 7) is 9.35. The molecule has 17 heavy (non-hydrogen) atoms. The Balaban J connectivity index is 2.38. The maximum Gasteiger partial charge on any atom is 0.137 e. The van der Waals surface area contributed by atoms with Gasteiger partial charge in [0.2, 0.25) is 0 Å². The number of nitrogens with zero attached hydrogens (tertiary/aromatic N) is 3. The summed E-state index contributed by atoms with van der Waals surface area (Å²) < 4.78 is 1.73. The van der Waals surface area contributed by atoms with Gasteiger partial charge in [-0.3, -0.25) is 9.48 Å². The minimum atomic E-state index is 0.0978. The summed E-state index contributed by atoms with van der Waals surface area (Å²) in [4.78, 5) is 11.5. The fourth-order valence-electron chi connectivity index (χ4n) is 1.35. The Hall–Kier alpha value is -1.23. The molecule has 0 aliphatic heterocycles. The molecular formula is C12H22N4O. The van der Waals surface area contributed by atoms with Crippen molar-refractivity contribution in [1.29, 1.82) is 0 Å². The molecule has 0 bridgehead atoms. The van der Waals surface area contributed by atoms with Crippen LogP contribution in [0.2, 0.25) is 0 Å². The van der Waals surface area contributed by atoms with Gasteiger partial charge in [-0.05, 0) is 0 Å². The van der Waals surface area contributed by atoms with Gasteiger partial charge >= 0.3 is 0 Å². The van der Waals surface area contributed by atoms with Gasteiger partial charge in [-0.1, -0.05) is 32.9 Å². The molecular weight excluding hydrogens is 216 g/mol. The summed E-state index contributed by atoms with van der Waals surface area (Å²) in [6.07, 6.45) is 2.42. The minimum Gasteiger partial charge on any atom is -0.309 e. The molecule has 0 unspecified atom stereocenters. The molecule has 0 atom stereocenters. The summed E-state index contributed by atoms with van der Waals surface area (Å²) >= 11 is 0. The van der Waals surface area contributed by atoms with Crippen molar-refractivity contribution >= 4 is 5.78 Å². The predicted molar refractivity (Wildman–Crippen MR) is 66.5 cm³/mol. The number of carbonyl (C=O) groups excluding carboxylic acids is 1. The van der Waals surface area contributed by atoms with Crippen LogP contribution in [0.25, 0.3) is 0 Å². The van der Waals surface area contributed by atoms with E-state index in [4.69, 9.17) is 0 Å². The van der Waals surface area contributed by atoms with Crippen LogP contribution in [-0.2, 0) is 17.9 Å². The van der Waals surface area contributed by atoms with E-state index >= 15 is 0 Å². The monoisotopic (exact) mass is 238 g/mol. The third-order valence-electron chi connectivity index (χ3n) is 2.51. The lowest BCUT2D eigenvalue weighted by atomic mass is 10.1. The Labute approximate surface area is 103 Å². The van der Waals surface area contributed by atoms with E-state index in [1.807, 2.05) is 20.0 Å². The van der Waals surface area contributed by atoms with Crippen molar-refractivity contribution in [3.05, 3.63) is 11.9 Å². The van der Waals surface area contributed by atoms with Crippen LogP contribution in [0.15, 0.2) is 6.20 Å². The third kappa shape index (κ3) is 5.08. The summed E-state index contributed by atoms with van der Waals surface area (Å²) in [7, 11) is 0. The third-order valence-corrected chi connectivity index (χ3v) is 2.51. The second kappa shape index (κ2) is 6.49. The first-order valence-electron chi connectivity index (χ1n) is 6.14. The molecule has 0 aliphatic rings. The van der Waals surface area contributed by atoms with Crippen LogP contribution < -0.4 is 5.32 Å². The Kier molecular flexibility index (Phi) is 5.28. The molecule has 0 radical (unpaired) electrons. The molecule has 5 nitrogen and oxygen atoms in total. The van der Waals surface area contributed by atoms with E-state index in [2.05, 4.69) is 29.5 Å². The number of rotatable bonds is 7. The van der Waals surface area contributed by atoms with E-state index in [0.29, 0.717) is 19.0 Å². The number of aryl methyl sites for hydroxylation is 1. The highest BCUT2D eigenvalue weighted by molar-refractivity contribution is 5.80. The van der Waals surface area contributed by atoms with Crippen LogP contribution in [0.4, 0.5) is 0 Å². The molecule has 0 amide bonds. The minimum absolute atomic E-state index is 0.0978. The first-order chi connectivity index (χ1) is 7.99. The van der Waals surface area contributed by atoms with E-state index in [1.54, 1.807) is 4.68 Å². The summed E-state index contributed by atoms with van der Waals surface area (Å²) in [5.41, 5.74) is 0.913. The first-order valence-corrected chi connectivity index (χ1v) is 6.14. The quantitative estimate of drug-likeness (QED) is 0.780. The highest BCUT2D eigenvalue weighted by atomic mass is 16.1. The number of Topliss-reactive ketones (excluding diaryl/α,β-unsaturated/α-hetero) is 1. The van der Waals surface area contributed by atoms with E-state index in [0.717, 1.165) is 12.2 Å². The second-order valence-corrected chi connectivity index (χ2v) is 4.88. The van der Waals surface area contributed by atoms with Gasteiger partial charge in [0.1, 0.15) is 5.78 Å². The van der Waals surface area contributed by atoms with E-state index in [1.165, 1.54) is 0 Å². The SMILES string of the molecule is CC(C)NCc1cn(CCC(=O)C(C)C)nn1. The van der Waals surface area contributed by atoms with Crippen LogP contribution in [0.3, 0.4) is 0 Å². The average molecular weight is 238 g/mol.